The van der Waals surface area contributed by atoms with Crippen molar-refractivity contribution in [2.24, 2.45) is 0 Å². The zero-order valence-electron chi connectivity index (χ0n) is 10.3. The lowest BCUT2D eigenvalue weighted by Gasteiger charge is -2.20. The first-order valence-corrected chi connectivity index (χ1v) is 5.50. The predicted octanol–water partition coefficient (Wildman–Crippen LogP) is 2.10. The van der Waals surface area contributed by atoms with Crippen LogP contribution in [-0.2, 0) is 11.3 Å². The van der Waals surface area contributed by atoms with Crippen molar-refractivity contribution in [2.45, 2.75) is 6.54 Å². The Labute approximate surface area is 105 Å². The van der Waals surface area contributed by atoms with Gasteiger partial charge in [-0.3, -0.25) is 0 Å². The monoisotopic (exact) mass is 246 g/mol. The van der Waals surface area contributed by atoms with Crippen LogP contribution in [0, 0.1) is 0 Å². The summed E-state index contributed by atoms with van der Waals surface area (Å²) in [5.74, 6) is 0.382. The Hall–Kier alpha value is -2.30. The highest BCUT2D eigenvalue weighted by Crippen LogP contribution is 2.21. The highest BCUT2D eigenvalue weighted by molar-refractivity contribution is 5.95. The van der Waals surface area contributed by atoms with Crippen LogP contribution < -0.4 is 4.90 Å². The van der Waals surface area contributed by atoms with Crippen molar-refractivity contribution in [1.29, 1.82) is 0 Å². The molecule has 0 saturated carbocycles. The van der Waals surface area contributed by atoms with Gasteiger partial charge in [0.1, 0.15) is 0 Å². The highest BCUT2D eigenvalue weighted by atomic mass is 16.5. The third kappa shape index (κ3) is 2.51. The summed E-state index contributed by atoms with van der Waals surface area (Å²) in [7, 11) is 3.25. The molecule has 0 N–H and O–H groups in total. The number of nitrogens with zero attached hydrogens (tertiary/aromatic N) is 2. The van der Waals surface area contributed by atoms with Gasteiger partial charge in [0.2, 0.25) is 0 Å². The molecule has 5 nitrogen and oxygen atoms in total. The minimum Gasteiger partial charge on any atom is -0.465 e. The van der Waals surface area contributed by atoms with Crippen LogP contribution >= 0.6 is 0 Å². The fraction of sp³-hybridized carbons (Fsp3) is 0.231. The number of aromatic nitrogens is 1. The van der Waals surface area contributed by atoms with Gasteiger partial charge in [0.25, 0.3) is 0 Å². The van der Waals surface area contributed by atoms with Crippen molar-refractivity contribution in [2.75, 3.05) is 19.1 Å². The van der Waals surface area contributed by atoms with Gasteiger partial charge in [0.15, 0.2) is 5.76 Å². The van der Waals surface area contributed by atoms with E-state index in [9.17, 15) is 4.79 Å². The quantitative estimate of drug-likeness (QED) is 0.773. The number of anilines is 1. The van der Waals surface area contributed by atoms with Crippen molar-refractivity contribution < 1.29 is 14.1 Å². The van der Waals surface area contributed by atoms with Gasteiger partial charge < -0.3 is 14.2 Å². The summed E-state index contributed by atoms with van der Waals surface area (Å²) in [4.78, 5) is 13.6. The molecule has 1 aromatic heterocycles. The van der Waals surface area contributed by atoms with Crippen LogP contribution in [0.15, 0.2) is 41.1 Å². The second-order valence-corrected chi connectivity index (χ2v) is 3.84. The summed E-state index contributed by atoms with van der Waals surface area (Å²) >= 11 is 0. The molecule has 0 fully saturated rings. The van der Waals surface area contributed by atoms with Crippen LogP contribution in [0.2, 0.25) is 0 Å². The summed E-state index contributed by atoms with van der Waals surface area (Å²) in [6.07, 6.45) is 1.59. The van der Waals surface area contributed by atoms with Gasteiger partial charge in [0, 0.05) is 13.1 Å². The van der Waals surface area contributed by atoms with Gasteiger partial charge in [-0.25, -0.2) is 4.79 Å². The normalized spacial score (nSPS) is 10.1. The van der Waals surface area contributed by atoms with Gasteiger partial charge in [-0.05, 0) is 12.1 Å². The fourth-order valence-electron chi connectivity index (χ4n) is 1.73. The molecule has 0 aliphatic carbocycles. The summed E-state index contributed by atoms with van der Waals surface area (Å²) < 4.78 is 9.81. The van der Waals surface area contributed by atoms with Gasteiger partial charge in [-0.1, -0.05) is 17.3 Å². The smallest absolute Gasteiger partial charge is 0.339 e. The number of carbonyl (C=O) groups excluding carboxylic acids is 1. The zero-order valence-corrected chi connectivity index (χ0v) is 10.3. The number of methoxy groups -OCH3 is 1. The lowest BCUT2D eigenvalue weighted by atomic mass is 10.1. The van der Waals surface area contributed by atoms with Crippen LogP contribution in [0.5, 0.6) is 0 Å². The Morgan fingerprint density at radius 2 is 2.17 bits per heavy atom. The van der Waals surface area contributed by atoms with E-state index < -0.39 is 0 Å². The maximum atomic E-state index is 11.7. The molecule has 0 spiro atoms. The van der Waals surface area contributed by atoms with Gasteiger partial charge in [-0.2, -0.15) is 0 Å². The van der Waals surface area contributed by atoms with Gasteiger partial charge >= 0.3 is 5.97 Å². The number of rotatable bonds is 4. The second-order valence-electron chi connectivity index (χ2n) is 3.84. The molecule has 0 radical (unpaired) electrons. The van der Waals surface area contributed by atoms with Crippen molar-refractivity contribution in [3.8, 4) is 0 Å². The minimum atomic E-state index is -0.352. The fourth-order valence-corrected chi connectivity index (χ4v) is 1.73. The van der Waals surface area contributed by atoms with Crippen LogP contribution in [0.3, 0.4) is 0 Å². The van der Waals surface area contributed by atoms with Crippen LogP contribution in [0.1, 0.15) is 16.1 Å². The lowest BCUT2D eigenvalue weighted by molar-refractivity contribution is 0.0601. The van der Waals surface area contributed by atoms with E-state index in [1.165, 1.54) is 7.11 Å². The number of esters is 1. The molecule has 0 aliphatic rings. The Kier molecular flexibility index (Phi) is 3.62. The molecule has 94 valence electrons. The van der Waals surface area contributed by atoms with Crippen molar-refractivity contribution >= 4 is 11.7 Å². The molecule has 5 heteroatoms. The van der Waals surface area contributed by atoms with E-state index in [4.69, 9.17) is 9.26 Å². The SMILES string of the molecule is COC(=O)c1ccccc1N(C)Cc1ccno1. The largest absolute Gasteiger partial charge is 0.465 e. The molecule has 0 aliphatic heterocycles. The minimum absolute atomic E-state index is 0.352. The Balaban J connectivity index is 2.24. The summed E-state index contributed by atoms with van der Waals surface area (Å²) in [6, 6.07) is 9.06. The summed E-state index contributed by atoms with van der Waals surface area (Å²) in [5, 5.41) is 3.65. The number of carbonyl (C=O) groups is 1. The first kappa shape index (κ1) is 12.2. The van der Waals surface area contributed by atoms with E-state index in [1.807, 2.05) is 24.1 Å². The van der Waals surface area contributed by atoms with Crippen LogP contribution in [-0.4, -0.2) is 25.3 Å². The third-order valence-electron chi connectivity index (χ3n) is 2.60. The molecule has 0 saturated heterocycles. The Morgan fingerprint density at radius 3 is 2.83 bits per heavy atom. The first-order valence-electron chi connectivity index (χ1n) is 5.50. The van der Waals surface area contributed by atoms with E-state index in [0.29, 0.717) is 12.1 Å². The van der Waals surface area contributed by atoms with E-state index in [2.05, 4.69) is 5.16 Å². The molecular formula is C13H14N2O3. The summed E-state index contributed by atoms with van der Waals surface area (Å²) in [5.41, 5.74) is 1.32. The maximum absolute atomic E-state index is 11.7. The number of ether oxygens (including phenoxy) is 1. The van der Waals surface area contributed by atoms with Crippen LogP contribution in [0.25, 0.3) is 0 Å². The molecule has 2 aromatic rings. The second kappa shape index (κ2) is 5.35. The average molecular weight is 246 g/mol. The van der Waals surface area contributed by atoms with Gasteiger partial charge in [0.05, 0.1) is 31.1 Å². The molecule has 0 atom stereocenters. The molecule has 0 amide bonds. The number of hydrogen-bond acceptors (Lipinski definition) is 5. The molecule has 1 heterocycles. The Morgan fingerprint density at radius 1 is 1.39 bits per heavy atom. The van der Waals surface area contributed by atoms with E-state index in [-0.39, 0.29) is 5.97 Å². The molecule has 2 rings (SSSR count). The Bertz CT molecular complexity index is 523. The number of hydrogen-bond donors (Lipinski definition) is 0. The van der Waals surface area contributed by atoms with Gasteiger partial charge in [-0.15, -0.1) is 0 Å². The highest BCUT2D eigenvalue weighted by Gasteiger charge is 2.15. The van der Waals surface area contributed by atoms with Crippen molar-refractivity contribution in [1.82, 2.24) is 5.16 Å². The number of benzene rings is 1. The molecule has 0 unspecified atom stereocenters. The standard InChI is InChI=1S/C13H14N2O3/c1-15(9-10-7-8-14-18-10)12-6-4-3-5-11(12)13(16)17-2/h3-8H,9H2,1-2H3. The first-order chi connectivity index (χ1) is 8.72. The van der Waals surface area contributed by atoms with Crippen LogP contribution in [0.4, 0.5) is 5.69 Å². The molecule has 0 bridgehead atoms. The van der Waals surface area contributed by atoms with Crippen molar-refractivity contribution in [3.05, 3.63) is 47.9 Å². The topological polar surface area (TPSA) is 55.6 Å². The average Bonchev–Trinajstić information content (AvgIpc) is 2.90. The van der Waals surface area contributed by atoms with E-state index >= 15 is 0 Å². The lowest BCUT2D eigenvalue weighted by Crippen LogP contribution is -2.19. The van der Waals surface area contributed by atoms with Crippen molar-refractivity contribution in [3.63, 3.8) is 0 Å². The van der Waals surface area contributed by atoms with E-state index in [1.54, 1.807) is 24.4 Å². The molecular weight excluding hydrogens is 232 g/mol. The third-order valence-corrected chi connectivity index (χ3v) is 2.60. The predicted molar refractivity (Wildman–Crippen MR) is 66.4 cm³/mol. The zero-order chi connectivity index (χ0) is 13.0. The molecule has 18 heavy (non-hydrogen) atoms. The number of para-hydroxylation sites is 1. The van der Waals surface area contributed by atoms with E-state index in [0.717, 1.165) is 11.4 Å². The molecule has 1 aromatic carbocycles. The summed E-state index contributed by atoms with van der Waals surface area (Å²) in [6.45, 7) is 0.536. The maximum Gasteiger partial charge on any atom is 0.339 e.